The van der Waals surface area contributed by atoms with Gasteiger partial charge in [-0.15, -0.1) is 0 Å². The lowest BCUT2D eigenvalue weighted by molar-refractivity contribution is 0.104. The Hall–Kier alpha value is -1.98. The molecule has 5 nitrogen and oxygen atoms in total. The third-order valence-corrected chi connectivity index (χ3v) is 3.70. The molecule has 1 heterocycles. The van der Waals surface area contributed by atoms with Crippen LogP contribution < -0.4 is 10.1 Å². The highest BCUT2D eigenvalue weighted by Gasteiger charge is 2.12. The van der Waals surface area contributed by atoms with E-state index in [1.54, 1.807) is 0 Å². The van der Waals surface area contributed by atoms with Crippen molar-refractivity contribution < 1.29 is 9.84 Å². The fourth-order valence-corrected chi connectivity index (χ4v) is 2.40. The molecule has 5 heteroatoms. The van der Waals surface area contributed by atoms with Gasteiger partial charge in [0.2, 0.25) is 0 Å². The topological polar surface area (TPSA) is 67.3 Å². The third kappa shape index (κ3) is 5.30. The Morgan fingerprint density at radius 2 is 2.04 bits per heavy atom. The molecule has 2 aromatic rings. The standard InChI is InChI=1S/C18H25N3O2/c1-12-6-5-7-17(8-12)23-11-16(22)9-19-13(2)18-10-20-15(4)21-14(18)3/h5-8,10,13,16,19,22H,9,11H2,1-4H3. The average Bonchev–Trinajstić information content (AvgIpc) is 2.50. The van der Waals surface area contributed by atoms with Crippen LogP contribution in [0.1, 0.15) is 35.6 Å². The lowest BCUT2D eigenvalue weighted by atomic mass is 10.1. The second kappa shape index (κ2) is 8.04. The fraction of sp³-hybridized carbons (Fsp3) is 0.444. The highest BCUT2D eigenvalue weighted by molar-refractivity contribution is 5.27. The molecule has 0 saturated carbocycles. The molecule has 2 N–H and O–H groups in total. The molecule has 0 radical (unpaired) electrons. The van der Waals surface area contributed by atoms with Crippen molar-refractivity contribution in [1.82, 2.24) is 15.3 Å². The number of nitrogens with one attached hydrogen (secondary N) is 1. The number of hydrogen-bond donors (Lipinski definition) is 2. The Bertz CT molecular complexity index is 646. The number of hydrogen-bond acceptors (Lipinski definition) is 5. The minimum Gasteiger partial charge on any atom is -0.491 e. The van der Waals surface area contributed by atoms with Gasteiger partial charge in [-0.2, -0.15) is 0 Å². The third-order valence-electron chi connectivity index (χ3n) is 3.70. The van der Waals surface area contributed by atoms with Crippen LogP contribution in [0.5, 0.6) is 5.75 Å². The summed E-state index contributed by atoms with van der Waals surface area (Å²) in [5.74, 6) is 1.55. The van der Waals surface area contributed by atoms with Gasteiger partial charge in [0.1, 0.15) is 24.3 Å². The second-order valence-corrected chi connectivity index (χ2v) is 5.87. The highest BCUT2D eigenvalue weighted by Crippen LogP contribution is 2.15. The predicted molar refractivity (Wildman–Crippen MR) is 90.6 cm³/mol. The van der Waals surface area contributed by atoms with Crippen molar-refractivity contribution in [2.75, 3.05) is 13.2 Å². The Balaban J connectivity index is 1.80. The van der Waals surface area contributed by atoms with Crippen molar-refractivity contribution in [3.63, 3.8) is 0 Å². The van der Waals surface area contributed by atoms with Crippen molar-refractivity contribution in [2.24, 2.45) is 0 Å². The number of ether oxygens (including phenoxy) is 1. The largest absolute Gasteiger partial charge is 0.491 e. The minimum absolute atomic E-state index is 0.0734. The molecule has 1 aromatic heterocycles. The van der Waals surface area contributed by atoms with Crippen LogP contribution in [-0.2, 0) is 0 Å². The van der Waals surface area contributed by atoms with Crippen LogP contribution >= 0.6 is 0 Å². The van der Waals surface area contributed by atoms with Crippen LogP contribution in [0, 0.1) is 20.8 Å². The highest BCUT2D eigenvalue weighted by atomic mass is 16.5. The summed E-state index contributed by atoms with van der Waals surface area (Å²) in [6.45, 7) is 8.60. The molecule has 0 saturated heterocycles. The van der Waals surface area contributed by atoms with Crippen molar-refractivity contribution in [3.8, 4) is 5.75 Å². The molecule has 2 atom stereocenters. The summed E-state index contributed by atoms with van der Waals surface area (Å²) in [7, 11) is 0. The maximum Gasteiger partial charge on any atom is 0.125 e. The summed E-state index contributed by atoms with van der Waals surface area (Å²) < 4.78 is 5.61. The molecule has 0 bridgehead atoms. The molecule has 0 amide bonds. The van der Waals surface area contributed by atoms with Crippen molar-refractivity contribution in [1.29, 1.82) is 0 Å². The smallest absolute Gasteiger partial charge is 0.125 e. The molecule has 0 aliphatic heterocycles. The predicted octanol–water partition coefficient (Wildman–Crippen LogP) is 2.49. The Morgan fingerprint density at radius 1 is 1.26 bits per heavy atom. The van der Waals surface area contributed by atoms with Gasteiger partial charge in [0.15, 0.2) is 0 Å². The van der Waals surface area contributed by atoms with E-state index in [1.165, 1.54) is 0 Å². The number of benzene rings is 1. The van der Waals surface area contributed by atoms with Crippen LogP contribution in [0.15, 0.2) is 30.5 Å². The van der Waals surface area contributed by atoms with Crippen molar-refractivity contribution in [3.05, 3.63) is 53.1 Å². The summed E-state index contributed by atoms with van der Waals surface area (Å²) in [5.41, 5.74) is 3.14. The maximum absolute atomic E-state index is 10.1. The monoisotopic (exact) mass is 315 g/mol. The molecule has 0 fully saturated rings. The van der Waals surface area contributed by atoms with Gasteiger partial charge in [-0.25, -0.2) is 9.97 Å². The Labute approximate surface area is 137 Å². The summed E-state index contributed by atoms with van der Waals surface area (Å²) in [4.78, 5) is 8.60. The van der Waals surface area contributed by atoms with E-state index in [9.17, 15) is 5.11 Å². The first-order valence-electron chi connectivity index (χ1n) is 7.86. The van der Waals surface area contributed by atoms with Gasteiger partial charge in [0.25, 0.3) is 0 Å². The molecule has 23 heavy (non-hydrogen) atoms. The number of aliphatic hydroxyl groups excluding tert-OH is 1. The van der Waals surface area contributed by atoms with E-state index in [2.05, 4.69) is 15.3 Å². The van der Waals surface area contributed by atoms with E-state index < -0.39 is 6.10 Å². The second-order valence-electron chi connectivity index (χ2n) is 5.87. The summed E-state index contributed by atoms with van der Waals surface area (Å²) in [5, 5.41) is 13.4. The summed E-state index contributed by atoms with van der Waals surface area (Å²) >= 11 is 0. The van der Waals surface area contributed by atoms with E-state index >= 15 is 0 Å². The van der Waals surface area contributed by atoms with Crippen molar-refractivity contribution >= 4 is 0 Å². The zero-order chi connectivity index (χ0) is 16.8. The molecule has 0 spiro atoms. The summed E-state index contributed by atoms with van der Waals surface area (Å²) in [6.07, 6.45) is 1.26. The van der Waals surface area contributed by atoms with Gasteiger partial charge in [-0.3, -0.25) is 0 Å². The average molecular weight is 315 g/mol. The maximum atomic E-state index is 10.1. The zero-order valence-corrected chi connectivity index (χ0v) is 14.2. The number of aliphatic hydroxyl groups is 1. The first-order chi connectivity index (χ1) is 11.0. The zero-order valence-electron chi connectivity index (χ0n) is 14.2. The first-order valence-corrected chi connectivity index (χ1v) is 7.86. The fourth-order valence-electron chi connectivity index (χ4n) is 2.40. The van der Waals surface area contributed by atoms with Crippen LogP contribution in [-0.4, -0.2) is 34.3 Å². The lowest BCUT2D eigenvalue weighted by Crippen LogP contribution is -2.33. The van der Waals surface area contributed by atoms with Crippen LogP contribution in [0.4, 0.5) is 0 Å². The minimum atomic E-state index is -0.579. The normalized spacial score (nSPS) is 13.6. The molecule has 2 rings (SSSR count). The van der Waals surface area contributed by atoms with Gasteiger partial charge in [0, 0.05) is 30.0 Å². The molecule has 2 unspecified atom stereocenters. The molecule has 124 valence electrons. The van der Waals surface area contributed by atoms with E-state index in [-0.39, 0.29) is 12.6 Å². The SMILES string of the molecule is Cc1cccc(OCC(O)CNC(C)c2cnc(C)nc2C)c1. The number of nitrogens with zero attached hydrogens (tertiary/aromatic N) is 2. The number of rotatable bonds is 7. The molecular formula is C18H25N3O2. The van der Waals surface area contributed by atoms with Gasteiger partial charge >= 0.3 is 0 Å². The Morgan fingerprint density at radius 3 is 2.74 bits per heavy atom. The summed E-state index contributed by atoms with van der Waals surface area (Å²) in [6, 6.07) is 7.87. The number of aromatic nitrogens is 2. The molecule has 1 aromatic carbocycles. The van der Waals surface area contributed by atoms with Crippen LogP contribution in [0.2, 0.25) is 0 Å². The molecule has 0 aliphatic rings. The lowest BCUT2D eigenvalue weighted by Gasteiger charge is -2.19. The molecular weight excluding hydrogens is 290 g/mol. The van der Waals surface area contributed by atoms with E-state index in [0.717, 1.165) is 28.4 Å². The van der Waals surface area contributed by atoms with Crippen LogP contribution in [0.3, 0.4) is 0 Å². The van der Waals surface area contributed by atoms with Crippen LogP contribution in [0.25, 0.3) is 0 Å². The molecule has 0 aliphatic carbocycles. The van der Waals surface area contributed by atoms with E-state index in [1.807, 2.05) is 58.2 Å². The Kier molecular flexibility index (Phi) is 6.07. The van der Waals surface area contributed by atoms with Gasteiger partial charge in [-0.05, 0) is 45.4 Å². The van der Waals surface area contributed by atoms with Gasteiger partial charge in [-0.1, -0.05) is 12.1 Å². The quantitative estimate of drug-likeness (QED) is 0.822. The number of aryl methyl sites for hydroxylation is 3. The van der Waals surface area contributed by atoms with E-state index in [0.29, 0.717) is 6.54 Å². The first kappa shape index (κ1) is 17.4. The van der Waals surface area contributed by atoms with Gasteiger partial charge in [0.05, 0.1) is 0 Å². The van der Waals surface area contributed by atoms with E-state index in [4.69, 9.17) is 4.74 Å². The van der Waals surface area contributed by atoms with Gasteiger partial charge < -0.3 is 15.2 Å². The van der Waals surface area contributed by atoms with Crippen molar-refractivity contribution in [2.45, 2.75) is 39.8 Å².